The van der Waals surface area contributed by atoms with Gasteiger partial charge in [-0.2, -0.15) is 0 Å². The molecule has 0 bridgehead atoms. The Labute approximate surface area is 151 Å². The van der Waals surface area contributed by atoms with E-state index >= 15 is 0 Å². The minimum Gasteiger partial charge on any atom is -0.508 e. The summed E-state index contributed by atoms with van der Waals surface area (Å²) in [6, 6.07) is 14.7. The molecule has 0 saturated carbocycles. The van der Waals surface area contributed by atoms with E-state index in [1.807, 2.05) is 18.2 Å². The van der Waals surface area contributed by atoms with Gasteiger partial charge in [-0.05, 0) is 43.0 Å². The van der Waals surface area contributed by atoms with Gasteiger partial charge in [0.2, 0.25) is 5.91 Å². The van der Waals surface area contributed by atoms with Crippen LogP contribution in [0.1, 0.15) is 23.1 Å². The van der Waals surface area contributed by atoms with Gasteiger partial charge < -0.3 is 14.8 Å². The van der Waals surface area contributed by atoms with E-state index in [4.69, 9.17) is 4.42 Å². The molecule has 0 atom stereocenters. The number of hydrogen-bond acceptors (Lipinski definition) is 4. The first-order valence-electron chi connectivity index (χ1n) is 8.60. The third-order valence-electron chi connectivity index (χ3n) is 4.42. The number of carbonyl (C=O) groups is 1. The van der Waals surface area contributed by atoms with Crippen molar-refractivity contribution in [2.75, 3.05) is 6.54 Å². The SMILES string of the molecule is Cc1c(CC(=O)NCCCc2ccccc2)c(=O)oc2cc(O)ccc12. The van der Waals surface area contributed by atoms with E-state index in [9.17, 15) is 14.7 Å². The van der Waals surface area contributed by atoms with Gasteiger partial charge in [-0.1, -0.05) is 30.3 Å². The number of amides is 1. The van der Waals surface area contributed by atoms with Crippen LogP contribution in [0.2, 0.25) is 0 Å². The van der Waals surface area contributed by atoms with E-state index in [-0.39, 0.29) is 18.1 Å². The molecule has 0 aliphatic rings. The van der Waals surface area contributed by atoms with E-state index in [1.54, 1.807) is 13.0 Å². The quantitative estimate of drug-likeness (QED) is 0.528. The van der Waals surface area contributed by atoms with E-state index < -0.39 is 5.63 Å². The van der Waals surface area contributed by atoms with Crippen LogP contribution in [0, 0.1) is 6.92 Å². The maximum atomic E-state index is 12.2. The fourth-order valence-electron chi connectivity index (χ4n) is 2.98. The van der Waals surface area contributed by atoms with Crippen molar-refractivity contribution < 1.29 is 14.3 Å². The molecule has 2 aromatic carbocycles. The summed E-state index contributed by atoms with van der Waals surface area (Å²) in [5.74, 6) is -0.171. The number of hydrogen-bond donors (Lipinski definition) is 2. The fraction of sp³-hybridized carbons (Fsp3) is 0.238. The Hall–Kier alpha value is -3.08. The Morgan fingerprint density at radius 1 is 1.15 bits per heavy atom. The summed E-state index contributed by atoms with van der Waals surface area (Å²) in [5, 5.41) is 13.1. The van der Waals surface area contributed by atoms with Crippen molar-refractivity contribution >= 4 is 16.9 Å². The number of benzene rings is 2. The molecule has 0 aliphatic heterocycles. The molecule has 3 rings (SSSR count). The molecule has 0 radical (unpaired) electrons. The molecule has 5 heteroatoms. The summed E-state index contributed by atoms with van der Waals surface area (Å²) in [6.45, 7) is 2.34. The average Bonchev–Trinajstić information content (AvgIpc) is 2.63. The van der Waals surface area contributed by atoms with Crippen molar-refractivity contribution in [3.63, 3.8) is 0 Å². The van der Waals surface area contributed by atoms with Gasteiger partial charge in [0.05, 0.1) is 12.0 Å². The standard InChI is InChI=1S/C21H21NO4/c1-14-17-10-9-16(23)12-19(17)26-21(25)18(14)13-20(24)22-11-5-8-15-6-3-2-4-7-15/h2-4,6-7,9-10,12,23H,5,8,11,13H2,1H3,(H,22,24). The molecule has 3 aromatic rings. The smallest absolute Gasteiger partial charge is 0.340 e. The van der Waals surface area contributed by atoms with E-state index in [1.165, 1.54) is 17.7 Å². The summed E-state index contributed by atoms with van der Waals surface area (Å²) < 4.78 is 5.24. The third kappa shape index (κ3) is 4.11. The molecular formula is C21H21NO4. The van der Waals surface area contributed by atoms with Gasteiger partial charge in [-0.25, -0.2) is 4.79 Å². The predicted octanol–water partition coefficient (Wildman–Crippen LogP) is 3.10. The van der Waals surface area contributed by atoms with Crippen LogP contribution in [0.4, 0.5) is 0 Å². The Balaban J connectivity index is 1.62. The Morgan fingerprint density at radius 2 is 1.92 bits per heavy atom. The molecule has 1 heterocycles. The molecule has 1 aromatic heterocycles. The van der Waals surface area contributed by atoms with E-state index in [2.05, 4.69) is 17.4 Å². The maximum absolute atomic E-state index is 12.2. The molecule has 5 nitrogen and oxygen atoms in total. The second-order valence-electron chi connectivity index (χ2n) is 6.29. The Bertz CT molecular complexity index is 976. The molecule has 134 valence electrons. The molecule has 0 aliphatic carbocycles. The molecule has 2 N–H and O–H groups in total. The molecule has 0 spiro atoms. The number of aryl methyl sites for hydroxylation is 2. The van der Waals surface area contributed by atoms with Gasteiger partial charge >= 0.3 is 5.63 Å². The van der Waals surface area contributed by atoms with Crippen molar-refractivity contribution in [1.29, 1.82) is 0 Å². The Kier molecular flexibility index (Phi) is 5.37. The van der Waals surface area contributed by atoms with Crippen molar-refractivity contribution in [2.45, 2.75) is 26.2 Å². The van der Waals surface area contributed by atoms with Crippen LogP contribution in [0.25, 0.3) is 11.0 Å². The number of phenols is 1. The van der Waals surface area contributed by atoms with Crippen LogP contribution >= 0.6 is 0 Å². The topological polar surface area (TPSA) is 79.5 Å². The van der Waals surface area contributed by atoms with Crippen LogP contribution in [-0.4, -0.2) is 17.6 Å². The number of aromatic hydroxyl groups is 1. The lowest BCUT2D eigenvalue weighted by Gasteiger charge is -2.09. The minimum atomic E-state index is -0.542. The molecule has 26 heavy (non-hydrogen) atoms. The second kappa shape index (κ2) is 7.87. The van der Waals surface area contributed by atoms with Crippen molar-refractivity contribution in [2.24, 2.45) is 0 Å². The fourth-order valence-corrected chi connectivity index (χ4v) is 2.98. The van der Waals surface area contributed by atoms with Crippen LogP contribution < -0.4 is 10.9 Å². The van der Waals surface area contributed by atoms with E-state index in [0.717, 1.165) is 12.8 Å². The molecule has 1 amide bonds. The van der Waals surface area contributed by atoms with Crippen molar-refractivity contribution in [1.82, 2.24) is 5.32 Å². The summed E-state index contributed by atoms with van der Waals surface area (Å²) in [6.07, 6.45) is 1.71. The highest BCUT2D eigenvalue weighted by Gasteiger charge is 2.15. The normalized spacial score (nSPS) is 10.8. The summed E-state index contributed by atoms with van der Waals surface area (Å²) in [5.41, 5.74) is 2.06. The zero-order chi connectivity index (χ0) is 18.5. The number of fused-ring (bicyclic) bond motifs is 1. The first-order chi connectivity index (χ1) is 12.5. The second-order valence-corrected chi connectivity index (χ2v) is 6.29. The van der Waals surface area contributed by atoms with Crippen LogP contribution in [0.15, 0.2) is 57.7 Å². The summed E-state index contributed by atoms with van der Waals surface area (Å²) in [7, 11) is 0. The van der Waals surface area contributed by atoms with Gasteiger partial charge in [0, 0.05) is 18.0 Å². The lowest BCUT2D eigenvalue weighted by Crippen LogP contribution is -2.28. The van der Waals surface area contributed by atoms with Gasteiger partial charge in [0.15, 0.2) is 0 Å². The first-order valence-corrected chi connectivity index (χ1v) is 8.60. The summed E-state index contributed by atoms with van der Waals surface area (Å²) in [4.78, 5) is 24.4. The lowest BCUT2D eigenvalue weighted by atomic mass is 10.0. The maximum Gasteiger partial charge on any atom is 0.340 e. The van der Waals surface area contributed by atoms with Crippen LogP contribution in [0.5, 0.6) is 5.75 Å². The number of nitrogens with one attached hydrogen (secondary N) is 1. The van der Waals surface area contributed by atoms with Gasteiger partial charge in [-0.3, -0.25) is 4.79 Å². The zero-order valence-corrected chi connectivity index (χ0v) is 14.6. The lowest BCUT2D eigenvalue weighted by molar-refractivity contribution is -0.120. The van der Waals surface area contributed by atoms with Gasteiger partial charge in [-0.15, -0.1) is 0 Å². The number of carbonyl (C=O) groups excluding carboxylic acids is 1. The van der Waals surface area contributed by atoms with E-state index in [0.29, 0.717) is 28.6 Å². The number of rotatable bonds is 6. The zero-order valence-electron chi connectivity index (χ0n) is 14.6. The molecule has 0 fully saturated rings. The molecular weight excluding hydrogens is 330 g/mol. The molecule has 0 unspecified atom stereocenters. The van der Waals surface area contributed by atoms with Crippen molar-refractivity contribution in [3.05, 3.63) is 75.6 Å². The predicted molar refractivity (Wildman–Crippen MR) is 100 cm³/mol. The number of phenolic OH excluding ortho intramolecular Hbond substituents is 1. The first kappa shape index (κ1) is 17.7. The van der Waals surface area contributed by atoms with Crippen LogP contribution in [-0.2, 0) is 17.6 Å². The summed E-state index contributed by atoms with van der Waals surface area (Å²) >= 11 is 0. The largest absolute Gasteiger partial charge is 0.508 e. The highest BCUT2D eigenvalue weighted by molar-refractivity contribution is 5.85. The van der Waals surface area contributed by atoms with Crippen molar-refractivity contribution in [3.8, 4) is 5.75 Å². The monoisotopic (exact) mass is 351 g/mol. The Morgan fingerprint density at radius 3 is 2.69 bits per heavy atom. The van der Waals surface area contributed by atoms with Gasteiger partial charge in [0.25, 0.3) is 0 Å². The average molecular weight is 351 g/mol. The van der Waals surface area contributed by atoms with Gasteiger partial charge in [0.1, 0.15) is 11.3 Å². The molecule has 0 saturated heterocycles. The van der Waals surface area contributed by atoms with Crippen LogP contribution in [0.3, 0.4) is 0 Å². The highest BCUT2D eigenvalue weighted by atomic mass is 16.4. The third-order valence-corrected chi connectivity index (χ3v) is 4.42. The minimum absolute atomic E-state index is 0.0175. The highest BCUT2D eigenvalue weighted by Crippen LogP contribution is 2.23.